The third kappa shape index (κ3) is 5.82. The molecular weight excluding hydrogens is 214 g/mol. The van der Waals surface area contributed by atoms with Gasteiger partial charge in [-0.2, -0.15) is 0 Å². The van der Waals surface area contributed by atoms with E-state index in [0.29, 0.717) is 13.2 Å². The molecular formula is C14H23NO2. The predicted octanol–water partition coefficient (Wildman–Crippen LogP) is 1.95. The molecule has 0 heterocycles. The number of hydrogen-bond acceptors (Lipinski definition) is 3. The summed E-state index contributed by atoms with van der Waals surface area (Å²) in [5.41, 5.74) is 1.05. The third-order valence-electron chi connectivity index (χ3n) is 2.49. The Morgan fingerprint density at radius 3 is 2.53 bits per heavy atom. The molecule has 1 aromatic carbocycles. The zero-order valence-electron chi connectivity index (χ0n) is 10.9. The van der Waals surface area contributed by atoms with Crippen molar-refractivity contribution in [3.05, 3.63) is 35.9 Å². The number of nitrogens with one attached hydrogen (secondary N) is 1. The number of aliphatic hydroxyl groups is 1. The Labute approximate surface area is 104 Å². The minimum atomic E-state index is -0.128. The van der Waals surface area contributed by atoms with Crippen molar-refractivity contribution >= 4 is 0 Å². The molecule has 0 amide bonds. The lowest BCUT2D eigenvalue weighted by molar-refractivity contribution is 0.0626. The highest BCUT2D eigenvalue weighted by Gasteiger charge is 2.19. The van der Waals surface area contributed by atoms with Gasteiger partial charge in [0.05, 0.1) is 19.8 Å². The number of rotatable bonds is 7. The SMILES string of the molecule is CC(CO)NC(C)(C)COCc1ccccc1. The molecule has 0 fully saturated rings. The van der Waals surface area contributed by atoms with E-state index < -0.39 is 0 Å². The molecule has 0 radical (unpaired) electrons. The van der Waals surface area contributed by atoms with Crippen molar-refractivity contribution in [1.82, 2.24) is 5.32 Å². The van der Waals surface area contributed by atoms with Crippen LogP contribution in [0.15, 0.2) is 30.3 Å². The van der Waals surface area contributed by atoms with E-state index in [1.54, 1.807) is 0 Å². The van der Waals surface area contributed by atoms with Crippen LogP contribution >= 0.6 is 0 Å². The molecule has 17 heavy (non-hydrogen) atoms. The summed E-state index contributed by atoms with van der Waals surface area (Å²) in [5, 5.41) is 12.3. The van der Waals surface area contributed by atoms with E-state index in [4.69, 9.17) is 9.84 Å². The van der Waals surface area contributed by atoms with Crippen molar-refractivity contribution in [2.24, 2.45) is 0 Å². The van der Waals surface area contributed by atoms with Crippen molar-refractivity contribution in [1.29, 1.82) is 0 Å². The fourth-order valence-corrected chi connectivity index (χ4v) is 1.75. The maximum Gasteiger partial charge on any atom is 0.0717 e. The second-order valence-electron chi connectivity index (χ2n) is 5.09. The smallest absolute Gasteiger partial charge is 0.0717 e. The van der Waals surface area contributed by atoms with Crippen molar-refractivity contribution in [3.8, 4) is 0 Å². The average molecular weight is 237 g/mol. The molecule has 3 nitrogen and oxygen atoms in total. The van der Waals surface area contributed by atoms with Gasteiger partial charge in [0, 0.05) is 11.6 Å². The highest BCUT2D eigenvalue weighted by molar-refractivity contribution is 5.13. The van der Waals surface area contributed by atoms with Crippen molar-refractivity contribution in [3.63, 3.8) is 0 Å². The van der Waals surface area contributed by atoms with Gasteiger partial charge in [-0.3, -0.25) is 0 Å². The molecule has 0 aromatic heterocycles. The maximum atomic E-state index is 9.00. The molecule has 0 saturated carbocycles. The van der Waals surface area contributed by atoms with E-state index in [1.807, 2.05) is 25.1 Å². The first kappa shape index (κ1) is 14.2. The first-order chi connectivity index (χ1) is 8.03. The Bertz CT molecular complexity index is 311. The normalized spacial score (nSPS) is 13.6. The van der Waals surface area contributed by atoms with Crippen LogP contribution in [0.5, 0.6) is 0 Å². The fourth-order valence-electron chi connectivity index (χ4n) is 1.75. The molecule has 1 unspecified atom stereocenters. The lowest BCUT2D eigenvalue weighted by Crippen LogP contribution is -2.49. The molecule has 0 saturated heterocycles. The molecule has 1 atom stereocenters. The van der Waals surface area contributed by atoms with Crippen LogP contribution in [0.1, 0.15) is 26.3 Å². The van der Waals surface area contributed by atoms with Crippen LogP contribution < -0.4 is 5.32 Å². The highest BCUT2D eigenvalue weighted by Crippen LogP contribution is 2.07. The van der Waals surface area contributed by atoms with E-state index in [-0.39, 0.29) is 18.2 Å². The topological polar surface area (TPSA) is 41.5 Å². The van der Waals surface area contributed by atoms with Gasteiger partial charge in [-0.1, -0.05) is 30.3 Å². The zero-order chi connectivity index (χ0) is 12.7. The van der Waals surface area contributed by atoms with Crippen LogP contribution in [0, 0.1) is 0 Å². The Hall–Kier alpha value is -0.900. The number of ether oxygens (including phenoxy) is 1. The fraction of sp³-hybridized carbons (Fsp3) is 0.571. The van der Waals surface area contributed by atoms with Crippen molar-refractivity contribution in [2.75, 3.05) is 13.2 Å². The Balaban J connectivity index is 2.30. The minimum absolute atomic E-state index is 0.0883. The van der Waals surface area contributed by atoms with Gasteiger partial charge >= 0.3 is 0 Å². The lowest BCUT2D eigenvalue weighted by atomic mass is 10.1. The number of benzene rings is 1. The molecule has 0 aliphatic rings. The number of hydrogen-bond donors (Lipinski definition) is 2. The van der Waals surface area contributed by atoms with Gasteiger partial charge in [0.1, 0.15) is 0 Å². The molecule has 96 valence electrons. The van der Waals surface area contributed by atoms with Gasteiger partial charge in [-0.15, -0.1) is 0 Å². The van der Waals surface area contributed by atoms with Crippen LogP contribution in [-0.4, -0.2) is 29.9 Å². The largest absolute Gasteiger partial charge is 0.395 e. The van der Waals surface area contributed by atoms with Crippen LogP contribution in [0.4, 0.5) is 0 Å². The summed E-state index contributed by atoms with van der Waals surface area (Å²) in [6.07, 6.45) is 0. The van der Waals surface area contributed by atoms with Gasteiger partial charge < -0.3 is 15.2 Å². The van der Waals surface area contributed by atoms with Gasteiger partial charge in [-0.25, -0.2) is 0 Å². The van der Waals surface area contributed by atoms with Gasteiger partial charge in [0.25, 0.3) is 0 Å². The van der Waals surface area contributed by atoms with Crippen LogP contribution in [-0.2, 0) is 11.3 Å². The van der Waals surface area contributed by atoms with E-state index >= 15 is 0 Å². The maximum absolute atomic E-state index is 9.00. The van der Waals surface area contributed by atoms with Crippen LogP contribution in [0.25, 0.3) is 0 Å². The summed E-state index contributed by atoms with van der Waals surface area (Å²) < 4.78 is 5.69. The second-order valence-corrected chi connectivity index (χ2v) is 5.09. The number of aliphatic hydroxyl groups excluding tert-OH is 1. The molecule has 0 aliphatic carbocycles. The molecule has 1 rings (SSSR count). The van der Waals surface area contributed by atoms with Crippen LogP contribution in [0.3, 0.4) is 0 Å². The summed E-state index contributed by atoms with van der Waals surface area (Å²) in [4.78, 5) is 0. The molecule has 1 aromatic rings. The van der Waals surface area contributed by atoms with E-state index in [0.717, 1.165) is 0 Å². The molecule has 0 bridgehead atoms. The average Bonchev–Trinajstić information content (AvgIpc) is 2.29. The van der Waals surface area contributed by atoms with Gasteiger partial charge in [0.15, 0.2) is 0 Å². The Morgan fingerprint density at radius 2 is 1.94 bits per heavy atom. The monoisotopic (exact) mass is 237 g/mol. The van der Waals surface area contributed by atoms with E-state index in [9.17, 15) is 0 Å². The summed E-state index contributed by atoms with van der Waals surface area (Å²) in [5.74, 6) is 0. The third-order valence-corrected chi connectivity index (χ3v) is 2.49. The lowest BCUT2D eigenvalue weighted by Gasteiger charge is -2.29. The van der Waals surface area contributed by atoms with Crippen LogP contribution in [0.2, 0.25) is 0 Å². The summed E-state index contributed by atoms with van der Waals surface area (Å²) in [6, 6.07) is 10.2. The predicted molar refractivity (Wildman–Crippen MR) is 69.9 cm³/mol. The first-order valence-electron chi connectivity index (χ1n) is 6.04. The molecule has 2 N–H and O–H groups in total. The van der Waals surface area contributed by atoms with Crippen molar-refractivity contribution < 1.29 is 9.84 Å². The first-order valence-corrected chi connectivity index (χ1v) is 6.04. The molecule has 0 aliphatic heterocycles. The Morgan fingerprint density at radius 1 is 1.29 bits per heavy atom. The molecule has 3 heteroatoms. The summed E-state index contributed by atoms with van der Waals surface area (Å²) >= 11 is 0. The van der Waals surface area contributed by atoms with Crippen molar-refractivity contribution in [2.45, 2.75) is 39.0 Å². The summed E-state index contributed by atoms with van der Waals surface area (Å²) in [6.45, 7) is 7.49. The summed E-state index contributed by atoms with van der Waals surface area (Å²) in [7, 11) is 0. The van der Waals surface area contributed by atoms with Gasteiger partial charge in [-0.05, 0) is 26.3 Å². The van der Waals surface area contributed by atoms with E-state index in [1.165, 1.54) is 5.56 Å². The van der Waals surface area contributed by atoms with E-state index in [2.05, 4.69) is 31.3 Å². The highest BCUT2D eigenvalue weighted by atomic mass is 16.5. The standard InChI is InChI=1S/C14H23NO2/c1-12(9-16)15-14(2,3)11-17-10-13-7-5-4-6-8-13/h4-8,12,15-16H,9-11H2,1-3H3. The zero-order valence-corrected chi connectivity index (χ0v) is 10.9. The Kier molecular flexibility index (Phi) is 5.62. The second kappa shape index (κ2) is 6.74. The quantitative estimate of drug-likeness (QED) is 0.761. The molecule has 0 spiro atoms. The minimum Gasteiger partial charge on any atom is -0.395 e. The van der Waals surface area contributed by atoms with Gasteiger partial charge in [0.2, 0.25) is 0 Å².